The Hall–Kier alpha value is -5.53. The van der Waals surface area contributed by atoms with E-state index in [1.54, 1.807) is 108 Å². The summed E-state index contributed by atoms with van der Waals surface area (Å²) in [5.74, 6) is -2.20. The first-order valence-electron chi connectivity index (χ1n) is 25.8. The first-order valence-corrected chi connectivity index (χ1v) is 32.5. The van der Waals surface area contributed by atoms with Crippen LogP contribution >= 0.6 is 93.8 Å². The van der Waals surface area contributed by atoms with Gasteiger partial charge in [-0.25, -0.2) is 22.0 Å². The maximum atomic E-state index is 13.0. The Labute approximate surface area is 526 Å². The van der Waals surface area contributed by atoms with E-state index >= 15 is 0 Å². The van der Waals surface area contributed by atoms with Crippen LogP contribution in [0.25, 0.3) is 0 Å². The van der Waals surface area contributed by atoms with Crippen molar-refractivity contribution in [3.63, 3.8) is 0 Å². The normalized spacial score (nSPS) is 10.1. The van der Waals surface area contributed by atoms with Crippen molar-refractivity contribution in [2.75, 3.05) is 34.5 Å². The summed E-state index contributed by atoms with van der Waals surface area (Å²) in [4.78, 5) is 66.5. The van der Waals surface area contributed by atoms with Crippen LogP contribution in [0.3, 0.4) is 0 Å². The standard InChI is InChI=1S/C12H15FO2S.C10H10Cl2O2S.3C10H11FO2S.C8H7FO2S/c13-10-5-7-11(8-6-10)16-9-3-1-2-4-12(14)15;11-8-4-3-7(6-9(8)12)15-5-1-2-10(13)14;11-8-3-1-4-9(7-8)14-6-2-5-10(12)13;11-8-3-5-9(6-4-8)14-7-1-2-10(12)13;11-8-4-1-2-5-9(8)14-7-3-6-10(12)13;9-6-1-3-7(4-2-6)12-5-8(10)11/h5-8H,1-4,9H2,(H,14,15);3-4,6H,1-2,5H2,(H,13,14);1,3-4,7H,2,5-6H2,(H,12,13);3-6H,1-2,7H2,(H,12,13);1-2,4-5H,3,6-7H2,(H,12,13);1-4H,5H2,(H,10,11). The second-order valence-electron chi connectivity index (χ2n) is 16.9. The highest BCUT2D eigenvalue weighted by atomic mass is 35.5. The Kier molecular flexibility index (Phi) is 44.3. The highest BCUT2D eigenvalue weighted by Gasteiger charge is 2.06. The molecule has 25 heteroatoms. The largest absolute Gasteiger partial charge is 0.481 e. The predicted octanol–water partition coefficient (Wildman–Crippen LogP) is 17.9. The molecule has 6 N–H and O–H groups in total. The third-order valence-corrected chi connectivity index (χ3v) is 17.1. The molecule has 0 fully saturated rings. The molecule has 0 aromatic heterocycles. The van der Waals surface area contributed by atoms with Crippen LogP contribution in [0.4, 0.5) is 22.0 Å². The van der Waals surface area contributed by atoms with Gasteiger partial charge in [-0.2, -0.15) is 0 Å². The summed E-state index contributed by atoms with van der Waals surface area (Å²) in [5.41, 5.74) is 0. The summed E-state index contributed by atoms with van der Waals surface area (Å²) >= 11 is 20.4. The van der Waals surface area contributed by atoms with Crippen LogP contribution in [0.5, 0.6) is 0 Å². The van der Waals surface area contributed by atoms with E-state index in [1.807, 2.05) is 12.1 Å². The third kappa shape index (κ3) is 45.5. The van der Waals surface area contributed by atoms with E-state index < -0.39 is 35.8 Å². The van der Waals surface area contributed by atoms with Gasteiger partial charge >= 0.3 is 35.8 Å². The minimum absolute atomic E-state index is 0.00559. The molecule has 0 amide bonds. The Morgan fingerprint density at radius 3 is 1.08 bits per heavy atom. The molecule has 462 valence electrons. The number of carboxylic acids is 6. The number of thioether (sulfide) groups is 6. The van der Waals surface area contributed by atoms with Crippen LogP contribution in [0, 0.1) is 29.1 Å². The second kappa shape index (κ2) is 48.6. The molecule has 0 radical (unpaired) electrons. The first kappa shape index (κ1) is 77.5. The minimum Gasteiger partial charge on any atom is -0.481 e. The van der Waals surface area contributed by atoms with Crippen molar-refractivity contribution in [3.05, 3.63) is 179 Å². The lowest BCUT2D eigenvalue weighted by Crippen LogP contribution is -1.97. The summed E-state index contributed by atoms with van der Waals surface area (Å²) in [7, 11) is 0. The van der Waals surface area contributed by atoms with Crippen molar-refractivity contribution in [2.45, 2.75) is 106 Å². The molecular weight excluding hydrogens is 1270 g/mol. The van der Waals surface area contributed by atoms with Crippen LogP contribution in [0.2, 0.25) is 10.0 Å². The molecule has 0 aliphatic rings. The smallest absolute Gasteiger partial charge is 0.313 e. The maximum absolute atomic E-state index is 13.0. The number of rotatable bonds is 30. The zero-order valence-electron chi connectivity index (χ0n) is 45.7. The molecule has 0 aliphatic heterocycles. The zero-order valence-corrected chi connectivity index (χ0v) is 52.1. The summed E-state index contributed by atoms with van der Waals surface area (Å²) in [6.45, 7) is 0. The van der Waals surface area contributed by atoms with E-state index in [0.717, 1.165) is 61.0 Å². The SMILES string of the molecule is O=C(O)CCCCCSc1ccc(F)cc1.O=C(O)CCCSc1ccc(Cl)c(Cl)c1.O=C(O)CCCSc1ccc(F)cc1.O=C(O)CCCSc1cccc(F)c1.O=C(O)CCCSc1ccccc1F.O=C(O)CSc1ccc(F)cc1. The molecule has 0 atom stereocenters. The van der Waals surface area contributed by atoms with Crippen molar-refractivity contribution in [3.8, 4) is 0 Å². The van der Waals surface area contributed by atoms with Gasteiger partial charge in [-0.1, -0.05) is 47.8 Å². The van der Waals surface area contributed by atoms with Gasteiger partial charge in [0.1, 0.15) is 29.1 Å². The van der Waals surface area contributed by atoms with Crippen molar-refractivity contribution in [1.29, 1.82) is 0 Å². The molecule has 12 nitrogen and oxygen atoms in total. The Morgan fingerprint density at radius 1 is 0.318 bits per heavy atom. The van der Waals surface area contributed by atoms with Gasteiger partial charge in [-0.15, -0.1) is 70.6 Å². The Balaban J connectivity index is 0.000000511. The molecule has 85 heavy (non-hydrogen) atoms. The fourth-order valence-electron chi connectivity index (χ4n) is 5.81. The van der Waals surface area contributed by atoms with Crippen LogP contribution in [-0.2, 0) is 28.8 Å². The number of halogens is 7. The molecule has 0 saturated carbocycles. The van der Waals surface area contributed by atoms with E-state index in [1.165, 1.54) is 89.9 Å². The zero-order chi connectivity index (χ0) is 63.2. The maximum Gasteiger partial charge on any atom is 0.313 e. The predicted molar refractivity (Wildman–Crippen MR) is 334 cm³/mol. The summed E-state index contributed by atoms with van der Waals surface area (Å²) < 4.78 is 63.2. The number of carbonyl (C=O) groups is 6. The van der Waals surface area contributed by atoms with Gasteiger partial charge in [-0.05, 0) is 189 Å². The number of benzene rings is 6. The number of aliphatic carboxylic acids is 6. The second-order valence-corrected chi connectivity index (χ2v) is 24.6. The lowest BCUT2D eigenvalue weighted by Gasteiger charge is -2.02. The first-order chi connectivity index (χ1) is 40.5. The van der Waals surface area contributed by atoms with Gasteiger partial charge in [-0.3, -0.25) is 28.8 Å². The van der Waals surface area contributed by atoms with Crippen LogP contribution in [-0.4, -0.2) is 101 Å². The van der Waals surface area contributed by atoms with Gasteiger partial charge < -0.3 is 30.6 Å². The van der Waals surface area contributed by atoms with Crippen molar-refractivity contribution in [2.24, 2.45) is 0 Å². The quantitative estimate of drug-likeness (QED) is 0.0140. The lowest BCUT2D eigenvalue weighted by atomic mass is 10.2. The summed E-state index contributed by atoms with van der Waals surface area (Å²) in [6.07, 6.45) is 6.07. The van der Waals surface area contributed by atoms with Gasteiger partial charge in [0, 0.05) is 61.5 Å². The topological polar surface area (TPSA) is 224 Å². The van der Waals surface area contributed by atoms with E-state index in [9.17, 15) is 50.7 Å². The molecule has 0 unspecified atom stereocenters. The number of hydrogen-bond donors (Lipinski definition) is 6. The van der Waals surface area contributed by atoms with E-state index in [2.05, 4.69) is 0 Å². The highest BCUT2D eigenvalue weighted by molar-refractivity contribution is 8.00. The van der Waals surface area contributed by atoms with Crippen LogP contribution < -0.4 is 0 Å². The summed E-state index contributed by atoms with van der Waals surface area (Å²) in [5, 5.41) is 51.4. The number of unbranched alkanes of at least 4 members (excludes halogenated alkanes) is 2. The van der Waals surface area contributed by atoms with E-state index in [0.29, 0.717) is 52.1 Å². The van der Waals surface area contributed by atoms with Crippen molar-refractivity contribution in [1.82, 2.24) is 0 Å². The lowest BCUT2D eigenvalue weighted by molar-refractivity contribution is -0.138. The molecule has 0 heterocycles. The fraction of sp³-hybridized carbons (Fsp3) is 0.300. The third-order valence-electron chi connectivity index (χ3n) is 9.83. The molecule has 0 aliphatic carbocycles. The molecule has 6 aromatic rings. The molecular formula is C60H65Cl2F5O12S6. The average molecular weight is 1340 g/mol. The van der Waals surface area contributed by atoms with Crippen molar-refractivity contribution < 1.29 is 81.4 Å². The van der Waals surface area contributed by atoms with Crippen LogP contribution in [0.1, 0.15) is 77.0 Å². The highest BCUT2D eigenvalue weighted by Crippen LogP contribution is 2.29. The average Bonchev–Trinajstić information content (AvgIpc) is 3.55. The minimum atomic E-state index is -0.871. The monoisotopic (exact) mass is 1330 g/mol. The van der Waals surface area contributed by atoms with Gasteiger partial charge in [0.05, 0.1) is 15.8 Å². The molecule has 0 spiro atoms. The molecule has 0 bridgehead atoms. The van der Waals surface area contributed by atoms with E-state index in [-0.39, 0.29) is 66.9 Å². The molecule has 6 aromatic carbocycles. The van der Waals surface area contributed by atoms with Gasteiger partial charge in [0.15, 0.2) is 0 Å². The molecule has 6 rings (SSSR count). The van der Waals surface area contributed by atoms with E-state index in [4.69, 9.17) is 53.8 Å². The number of carboxylic acid groups (broad SMARTS) is 6. The number of hydrogen-bond acceptors (Lipinski definition) is 12. The van der Waals surface area contributed by atoms with Crippen LogP contribution in [0.15, 0.2) is 169 Å². The summed E-state index contributed by atoms with van der Waals surface area (Å²) in [6, 6.07) is 36.6. The van der Waals surface area contributed by atoms with Gasteiger partial charge in [0.25, 0.3) is 0 Å². The fourth-order valence-corrected chi connectivity index (χ4v) is 11.2. The Morgan fingerprint density at radius 2 is 0.682 bits per heavy atom. The van der Waals surface area contributed by atoms with Crippen molar-refractivity contribution >= 4 is 130 Å². The Bertz CT molecular complexity index is 2880. The molecule has 0 saturated heterocycles. The van der Waals surface area contributed by atoms with Gasteiger partial charge in [0.2, 0.25) is 0 Å².